The first-order valence-electron chi connectivity index (χ1n) is 9.79. The number of hydrogen-bond acceptors (Lipinski definition) is 4. The molecule has 3 amide bonds. The van der Waals surface area contributed by atoms with Gasteiger partial charge in [-0.2, -0.15) is 0 Å². The lowest BCUT2D eigenvalue weighted by Gasteiger charge is -2.37. The predicted octanol–water partition coefficient (Wildman–Crippen LogP) is 3.69. The Morgan fingerprint density at radius 1 is 1.14 bits per heavy atom. The quantitative estimate of drug-likeness (QED) is 0.746. The fourth-order valence-corrected chi connectivity index (χ4v) is 4.98. The van der Waals surface area contributed by atoms with E-state index in [9.17, 15) is 9.59 Å². The number of amides is 3. The Balaban J connectivity index is 1.52. The highest BCUT2D eigenvalue weighted by Gasteiger charge is 2.33. The van der Waals surface area contributed by atoms with Crippen LogP contribution >= 0.6 is 35.0 Å². The van der Waals surface area contributed by atoms with Crippen molar-refractivity contribution in [3.8, 4) is 0 Å². The topological polar surface area (TPSA) is 55.9 Å². The van der Waals surface area contributed by atoms with Crippen molar-refractivity contribution in [1.29, 1.82) is 0 Å². The molecule has 0 bridgehead atoms. The molecule has 0 unspecified atom stereocenters. The van der Waals surface area contributed by atoms with Crippen molar-refractivity contribution in [3.63, 3.8) is 0 Å². The van der Waals surface area contributed by atoms with Crippen LogP contribution in [0, 0.1) is 0 Å². The van der Waals surface area contributed by atoms with Crippen molar-refractivity contribution >= 4 is 46.9 Å². The van der Waals surface area contributed by atoms with Crippen LogP contribution in [-0.4, -0.2) is 77.2 Å². The molecular weight excluding hydrogens is 431 g/mol. The molecule has 2 aliphatic heterocycles. The van der Waals surface area contributed by atoms with E-state index in [0.717, 1.165) is 25.2 Å². The zero-order valence-electron chi connectivity index (χ0n) is 17.1. The Hall–Kier alpha value is -1.15. The van der Waals surface area contributed by atoms with Gasteiger partial charge in [0.05, 0.1) is 15.8 Å². The van der Waals surface area contributed by atoms with Gasteiger partial charge >= 0.3 is 6.03 Å². The molecule has 2 aliphatic rings. The predicted molar refractivity (Wildman–Crippen MR) is 120 cm³/mol. The lowest BCUT2D eigenvalue weighted by atomic mass is 10.1. The molecular formula is C20H28Cl2N4O2S. The van der Waals surface area contributed by atoms with Crippen LogP contribution in [0.25, 0.3) is 0 Å². The summed E-state index contributed by atoms with van der Waals surface area (Å²) in [7, 11) is 0. The van der Waals surface area contributed by atoms with Gasteiger partial charge in [0.1, 0.15) is 5.37 Å². The van der Waals surface area contributed by atoms with Crippen molar-refractivity contribution < 1.29 is 9.59 Å². The maximum atomic E-state index is 12.4. The summed E-state index contributed by atoms with van der Waals surface area (Å²) in [5.74, 6) is 0.625. The molecule has 0 aliphatic carbocycles. The van der Waals surface area contributed by atoms with Gasteiger partial charge in [0, 0.05) is 44.8 Å². The number of halogens is 2. The molecule has 160 valence electrons. The standard InChI is InChI=1S/C20H28Cl2N4O2S/c1-20(2,3)23-19(28)25-9-6-24(7-10-25)8-11-26-17(27)13-29-18(26)14-4-5-15(21)16(22)12-14/h4-5,12,18H,6-11,13H2,1-3H3,(H,23,28)/t18-/m1/s1. The number of nitrogens with zero attached hydrogens (tertiary/aromatic N) is 3. The fourth-order valence-electron chi connectivity index (χ4n) is 3.46. The molecule has 2 heterocycles. The van der Waals surface area contributed by atoms with Gasteiger partial charge in [-0.15, -0.1) is 11.8 Å². The summed E-state index contributed by atoms with van der Waals surface area (Å²) in [6.07, 6.45) is 0. The van der Waals surface area contributed by atoms with Gasteiger partial charge < -0.3 is 15.1 Å². The van der Waals surface area contributed by atoms with Gasteiger partial charge in [-0.1, -0.05) is 29.3 Å². The van der Waals surface area contributed by atoms with Gasteiger partial charge in [-0.05, 0) is 38.5 Å². The van der Waals surface area contributed by atoms with Crippen LogP contribution in [0.4, 0.5) is 4.79 Å². The normalized spacial score (nSPS) is 21.0. The highest BCUT2D eigenvalue weighted by atomic mass is 35.5. The maximum absolute atomic E-state index is 12.4. The van der Waals surface area contributed by atoms with Crippen LogP contribution in [0.2, 0.25) is 10.0 Å². The first-order chi connectivity index (χ1) is 13.6. The number of urea groups is 1. The van der Waals surface area contributed by atoms with E-state index in [-0.39, 0.29) is 22.9 Å². The number of rotatable bonds is 4. The highest BCUT2D eigenvalue weighted by molar-refractivity contribution is 8.00. The molecule has 0 saturated carbocycles. The van der Waals surface area contributed by atoms with E-state index in [2.05, 4.69) is 10.2 Å². The average molecular weight is 459 g/mol. The molecule has 2 fully saturated rings. The molecule has 2 saturated heterocycles. The smallest absolute Gasteiger partial charge is 0.317 e. The van der Waals surface area contributed by atoms with Crippen molar-refractivity contribution in [2.75, 3.05) is 45.0 Å². The monoisotopic (exact) mass is 458 g/mol. The van der Waals surface area contributed by atoms with Crippen molar-refractivity contribution in [1.82, 2.24) is 20.0 Å². The number of benzene rings is 1. The molecule has 3 rings (SSSR count). The van der Waals surface area contributed by atoms with E-state index in [0.29, 0.717) is 35.4 Å². The van der Waals surface area contributed by atoms with Gasteiger partial charge in [0.25, 0.3) is 0 Å². The summed E-state index contributed by atoms with van der Waals surface area (Å²) in [5, 5.41) is 4.01. The van der Waals surface area contributed by atoms with E-state index < -0.39 is 0 Å². The molecule has 0 aromatic heterocycles. The minimum Gasteiger partial charge on any atom is -0.333 e. The first-order valence-corrected chi connectivity index (χ1v) is 11.6. The van der Waals surface area contributed by atoms with Crippen molar-refractivity contribution in [2.24, 2.45) is 0 Å². The molecule has 6 nitrogen and oxygen atoms in total. The van der Waals surface area contributed by atoms with Gasteiger partial charge in [0.2, 0.25) is 5.91 Å². The third-order valence-corrected chi connectivity index (χ3v) is 6.99. The van der Waals surface area contributed by atoms with E-state index in [1.54, 1.807) is 17.8 Å². The van der Waals surface area contributed by atoms with Crippen molar-refractivity contribution in [2.45, 2.75) is 31.7 Å². The first kappa shape index (κ1) is 22.5. The number of carbonyl (C=O) groups excluding carboxylic acids is 2. The van der Waals surface area contributed by atoms with Crippen LogP contribution < -0.4 is 5.32 Å². The average Bonchev–Trinajstić information content (AvgIpc) is 3.02. The van der Waals surface area contributed by atoms with Crippen LogP contribution in [0.5, 0.6) is 0 Å². The molecule has 1 aromatic carbocycles. The molecule has 1 aromatic rings. The molecule has 0 radical (unpaired) electrons. The third-order valence-electron chi connectivity index (χ3n) is 5.00. The zero-order chi connectivity index (χ0) is 21.2. The molecule has 9 heteroatoms. The SMILES string of the molecule is CC(C)(C)NC(=O)N1CCN(CCN2C(=O)CS[C@@H]2c2ccc(Cl)c(Cl)c2)CC1. The Morgan fingerprint density at radius 3 is 2.45 bits per heavy atom. The Bertz CT molecular complexity index is 763. The van der Waals surface area contributed by atoms with Crippen LogP contribution in [0.15, 0.2) is 18.2 Å². The van der Waals surface area contributed by atoms with E-state index in [4.69, 9.17) is 23.2 Å². The number of hydrogen-bond donors (Lipinski definition) is 1. The van der Waals surface area contributed by atoms with Gasteiger partial charge in [-0.3, -0.25) is 9.69 Å². The lowest BCUT2D eigenvalue weighted by Crippen LogP contribution is -2.55. The molecule has 0 spiro atoms. The molecule has 1 N–H and O–H groups in total. The maximum Gasteiger partial charge on any atom is 0.317 e. The summed E-state index contributed by atoms with van der Waals surface area (Å²) in [4.78, 5) is 30.8. The van der Waals surface area contributed by atoms with Gasteiger partial charge in [0.15, 0.2) is 0 Å². The summed E-state index contributed by atoms with van der Waals surface area (Å²) in [6.45, 7) is 10.4. The molecule has 1 atom stereocenters. The van der Waals surface area contributed by atoms with Crippen LogP contribution in [-0.2, 0) is 4.79 Å². The van der Waals surface area contributed by atoms with E-state index in [1.165, 1.54) is 0 Å². The summed E-state index contributed by atoms with van der Waals surface area (Å²) in [5.41, 5.74) is 0.764. The van der Waals surface area contributed by atoms with Crippen LogP contribution in [0.3, 0.4) is 0 Å². The second kappa shape index (κ2) is 9.33. The number of carbonyl (C=O) groups is 2. The molecule has 29 heavy (non-hydrogen) atoms. The summed E-state index contributed by atoms with van der Waals surface area (Å²) < 4.78 is 0. The second-order valence-corrected chi connectivity index (χ2v) is 10.3. The number of thioether (sulfide) groups is 1. The number of nitrogens with one attached hydrogen (secondary N) is 1. The minimum absolute atomic E-state index is 0.0112. The summed E-state index contributed by atoms with van der Waals surface area (Å²) in [6, 6.07) is 5.55. The number of piperazine rings is 1. The fraction of sp³-hybridized carbons (Fsp3) is 0.600. The Morgan fingerprint density at radius 2 is 1.83 bits per heavy atom. The van der Waals surface area contributed by atoms with Gasteiger partial charge in [-0.25, -0.2) is 4.79 Å². The second-order valence-electron chi connectivity index (χ2n) is 8.43. The Kier molecular flexibility index (Phi) is 7.25. The summed E-state index contributed by atoms with van der Waals surface area (Å²) >= 11 is 13.8. The third kappa shape index (κ3) is 5.94. The largest absolute Gasteiger partial charge is 0.333 e. The van der Waals surface area contributed by atoms with E-state index in [1.807, 2.05) is 42.7 Å². The zero-order valence-corrected chi connectivity index (χ0v) is 19.4. The van der Waals surface area contributed by atoms with Crippen molar-refractivity contribution in [3.05, 3.63) is 33.8 Å². The van der Waals surface area contributed by atoms with Crippen LogP contribution in [0.1, 0.15) is 31.7 Å². The van der Waals surface area contributed by atoms with E-state index >= 15 is 0 Å². The lowest BCUT2D eigenvalue weighted by molar-refractivity contribution is -0.128. The minimum atomic E-state index is -0.235. The highest BCUT2D eigenvalue weighted by Crippen LogP contribution is 2.40. The Labute approximate surface area is 186 Å².